The van der Waals surface area contributed by atoms with E-state index in [0.717, 1.165) is 151 Å². The van der Waals surface area contributed by atoms with Crippen molar-refractivity contribution in [1.29, 1.82) is 0 Å². The fourth-order valence-electron chi connectivity index (χ4n) is 21.8. The van der Waals surface area contributed by atoms with Crippen molar-refractivity contribution in [1.82, 2.24) is 0 Å². The second kappa shape index (κ2) is 36.3. The third-order valence-corrected chi connectivity index (χ3v) is 43.2. The molecule has 22 unspecified atom stereocenters. The number of rotatable bonds is 20. The molecule has 0 heterocycles. The normalized spacial score (nSPS) is 33.0. The van der Waals surface area contributed by atoms with E-state index in [1.807, 2.05) is 0 Å². The molecule has 20 rings (SSSR count). The fraction of sp³-hybridized carbons (Fsp3) is 0.500. The van der Waals surface area contributed by atoms with Crippen LogP contribution in [0.3, 0.4) is 0 Å². The molecular weight excluding hydrogens is 1380 g/mol. The average Bonchev–Trinajstić information content (AvgIpc) is 1.27. The Balaban J connectivity index is 0.000000109. The van der Waals surface area contributed by atoms with Gasteiger partial charge in [-0.05, 0) is 284 Å². The summed E-state index contributed by atoms with van der Waals surface area (Å²) >= 11 is 0. The van der Waals surface area contributed by atoms with Crippen molar-refractivity contribution in [2.24, 2.45) is 124 Å². The van der Waals surface area contributed by atoms with Gasteiger partial charge in [-0.25, -0.2) is 0 Å². The molecule has 0 aromatic heterocycles. The summed E-state index contributed by atoms with van der Waals surface area (Å²) < 4.78 is 26.5. The highest BCUT2D eigenvalue weighted by molar-refractivity contribution is 6.97. The molecule has 14 bridgehead atoms. The Morgan fingerprint density at radius 2 is 0.509 bits per heavy atom. The maximum absolute atomic E-state index is 6.89. The smallest absolute Gasteiger partial charge is 0.255 e. The Morgan fingerprint density at radius 1 is 0.250 bits per heavy atom. The Labute approximate surface area is 658 Å². The largest absolute Gasteiger partial charge is 0.413 e. The van der Waals surface area contributed by atoms with E-state index in [1.165, 1.54) is 121 Å². The van der Waals surface area contributed by atoms with Gasteiger partial charge in [-0.1, -0.05) is 302 Å². The highest BCUT2D eigenvalue weighted by Gasteiger charge is 2.45. The first kappa shape index (κ1) is 78.9. The minimum atomic E-state index is -2.14. The highest BCUT2D eigenvalue weighted by Crippen LogP contribution is 2.49. The lowest BCUT2D eigenvalue weighted by molar-refractivity contribution is 0.222. The average molecular weight is 1510 g/mol. The molecule has 6 aromatic carbocycles. The van der Waals surface area contributed by atoms with Crippen molar-refractivity contribution >= 4 is 64.4 Å². The second-order valence-electron chi connectivity index (χ2n) is 36.7. The first-order valence-electron chi connectivity index (χ1n) is 43.2. The van der Waals surface area contributed by atoms with Gasteiger partial charge in [0.15, 0.2) is 0 Å². The summed E-state index contributed by atoms with van der Waals surface area (Å²) in [5.74, 6) is 18.2. The molecule has 0 radical (unpaired) electrons. The molecule has 0 spiro atoms. The Bertz CT molecular complexity index is 3830. The number of hydrogen-bond donors (Lipinski definition) is 0. The molecule has 108 heavy (non-hydrogen) atoms. The summed E-state index contributed by atoms with van der Waals surface area (Å²) in [5, 5.41) is 8.38. The van der Waals surface area contributed by atoms with E-state index in [0.29, 0.717) is 11.8 Å². The maximum atomic E-state index is 6.89. The second-order valence-corrected chi connectivity index (χ2v) is 51.9. The Morgan fingerprint density at radius 3 is 0.759 bits per heavy atom. The third-order valence-electron chi connectivity index (χ3n) is 29.1. The summed E-state index contributed by atoms with van der Waals surface area (Å²) in [5.41, 5.74) is 0. The zero-order valence-electron chi connectivity index (χ0n) is 67.3. The first-order chi connectivity index (χ1) is 52.5. The van der Waals surface area contributed by atoms with Crippen molar-refractivity contribution in [2.45, 2.75) is 163 Å². The van der Waals surface area contributed by atoms with Crippen molar-refractivity contribution in [3.05, 3.63) is 267 Å². The minimum absolute atomic E-state index is 0.712. The highest BCUT2D eigenvalue weighted by atomic mass is 28.4. The van der Waals surface area contributed by atoms with Gasteiger partial charge in [0.1, 0.15) is 0 Å². The molecule has 14 aliphatic rings. The van der Waals surface area contributed by atoms with Crippen LogP contribution in [0.1, 0.15) is 125 Å². The van der Waals surface area contributed by atoms with Gasteiger partial charge >= 0.3 is 0 Å². The van der Waals surface area contributed by atoms with Crippen LogP contribution in [0, 0.1) is 124 Å². The summed E-state index contributed by atoms with van der Waals surface area (Å²) in [6.07, 6.45) is 53.3. The van der Waals surface area contributed by atoms with Crippen LogP contribution < -0.4 is 31.1 Å². The molecule has 0 amide bonds. The molecule has 8 heteroatoms. The molecule has 6 aromatic rings. The van der Waals surface area contributed by atoms with Crippen molar-refractivity contribution in [2.75, 3.05) is 26.4 Å². The van der Waals surface area contributed by atoms with E-state index in [-0.39, 0.29) is 0 Å². The van der Waals surface area contributed by atoms with Crippen LogP contribution in [0.15, 0.2) is 267 Å². The van der Waals surface area contributed by atoms with Crippen LogP contribution in [0.4, 0.5) is 0 Å². The van der Waals surface area contributed by atoms with E-state index in [2.05, 4.69) is 328 Å². The van der Waals surface area contributed by atoms with Crippen LogP contribution in [0.25, 0.3) is 0 Å². The van der Waals surface area contributed by atoms with E-state index in [4.69, 9.17) is 17.7 Å². The van der Waals surface area contributed by atoms with Crippen molar-refractivity contribution < 1.29 is 17.7 Å². The zero-order valence-corrected chi connectivity index (χ0v) is 71.3. The lowest BCUT2D eigenvalue weighted by Gasteiger charge is -2.33. The van der Waals surface area contributed by atoms with Gasteiger partial charge in [0.2, 0.25) is 16.6 Å². The molecule has 22 atom stereocenters. The Kier molecular flexibility index (Phi) is 26.5. The Hall–Kier alpha value is -5.79. The number of hydrogen-bond acceptors (Lipinski definition) is 4. The number of fused-ring (bicyclic) bond motifs is 14. The lowest BCUT2D eigenvalue weighted by atomic mass is 9.95. The molecule has 0 N–H and O–H groups in total. The van der Waals surface area contributed by atoms with Crippen LogP contribution in [0.2, 0.25) is 38.3 Å². The van der Waals surface area contributed by atoms with Gasteiger partial charge in [0.05, 0.1) is 0 Å². The molecule has 0 saturated heterocycles. The molecule has 4 nitrogen and oxygen atoms in total. The monoisotopic (exact) mass is 1510 g/mol. The van der Waals surface area contributed by atoms with Gasteiger partial charge < -0.3 is 17.7 Å². The van der Waals surface area contributed by atoms with E-state index in [1.54, 1.807) is 0 Å². The van der Waals surface area contributed by atoms with E-state index in [9.17, 15) is 0 Å². The van der Waals surface area contributed by atoms with Gasteiger partial charge in [-0.3, -0.25) is 0 Å². The van der Waals surface area contributed by atoms with Crippen LogP contribution in [-0.2, 0) is 17.7 Å². The van der Waals surface area contributed by atoms with E-state index < -0.39 is 33.3 Å². The molecule has 7 saturated carbocycles. The maximum Gasteiger partial charge on any atom is 0.255 e. The minimum Gasteiger partial charge on any atom is -0.413 e. The van der Waals surface area contributed by atoms with E-state index >= 15 is 0 Å². The molecule has 0 aliphatic heterocycles. The summed E-state index contributed by atoms with van der Waals surface area (Å²) in [6.45, 7) is 24.8. The summed E-state index contributed by atoms with van der Waals surface area (Å²) in [7, 11) is -7.68. The van der Waals surface area contributed by atoms with Crippen molar-refractivity contribution in [3.63, 3.8) is 0 Å². The fourth-order valence-corrected chi connectivity index (χ4v) is 32.4. The zero-order chi connectivity index (χ0) is 74.7. The predicted molar refractivity (Wildman–Crippen MR) is 467 cm³/mol. The van der Waals surface area contributed by atoms with Gasteiger partial charge in [0.25, 0.3) is 16.6 Å². The predicted octanol–water partition coefficient (Wildman–Crippen LogP) is 21.3. The van der Waals surface area contributed by atoms with Crippen molar-refractivity contribution in [3.8, 4) is 0 Å². The molecule has 7 fully saturated rings. The lowest BCUT2D eigenvalue weighted by Crippen LogP contribution is -2.60. The first-order valence-corrected chi connectivity index (χ1v) is 53.2. The van der Waals surface area contributed by atoms with Gasteiger partial charge in [-0.2, -0.15) is 0 Å². The summed E-state index contributed by atoms with van der Waals surface area (Å²) in [4.78, 5) is 0. The molecular formula is C100H132O4Si4. The summed E-state index contributed by atoms with van der Waals surface area (Å²) in [6, 6.07) is 67.4. The number of benzene rings is 6. The SMILES string of the molecule is CC1CC2C=CC1C2.CC1CC2C=CC1C2.CC1CC2C=CC1C2.CC[Si](C)(OCC1CC2C=CC1C2)c1ccccc1.CC[Si](OCC1CC2C=CC1C2)(c1ccccc1)c1ccccc1.C[Si](C)(OCC1CC2C=CC1C2)c1ccccc1.C[Si](OCC1CC2C=CC1C2)(c1ccccc1)c1ccccc1. The third kappa shape index (κ3) is 19.1. The molecule has 14 aliphatic carbocycles. The van der Waals surface area contributed by atoms with Crippen LogP contribution in [0.5, 0.6) is 0 Å². The quantitative estimate of drug-likeness (QED) is 0.0564. The topological polar surface area (TPSA) is 36.9 Å². The van der Waals surface area contributed by atoms with Crippen LogP contribution in [-0.4, -0.2) is 59.7 Å². The van der Waals surface area contributed by atoms with Crippen LogP contribution >= 0.6 is 0 Å². The molecule has 572 valence electrons. The van der Waals surface area contributed by atoms with Gasteiger partial charge in [-0.15, -0.1) is 0 Å². The van der Waals surface area contributed by atoms with Gasteiger partial charge in [0, 0.05) is 26.4 Å². The number of allylic oxidation sites excluding steroid dienone is 14. The standard InChI is InChI=1S/C22H26OSi.C21H24OSi.C17H24OSi.C16H22OSi.3C8H12/c1-2-24(21-9-5-3-6-10-21,22-11-7-4-8-12-22)23-17-20-16-18-13-14-19(20)15-18;1-23(20-8-4-2-5-9-20,21-10-6-3-7-11-21)22-16-19-15-17-12-13-18(19)14-17;1-3-19(2,17-7-5-4-6-8-17)18-13-16-12-14-9-10-15(16)11-14;1-18(2,16-6-4-3-5-7-16)17-12-15-11-13-8-9-14(15)10-13;3*1-6-4-7-2-3-8(6)5-7/h3-14,18-20H,2,15-17H2,1H3;2-13,17-19H,14-16H2,1H3;4-10,14-16H,3,11-13H2,1-2H3;3-9,13-15H,10-12H2,1-2H3;3*2-3,6-8H,4-5H2,1H3.